The van der Waals surface area contributed by atoms with Gasteiger partial charge in [0.05, 0.1) is 0 Å². The van der Waals surface area contributed by atoms with Crippen molar-refractivity contribution in [3.63, 3.8) is 0 Å². The van der Waals surface area contributed by atoms with Crippen molar-refractivity contribution in [2.24, 2.45) is 0 Å². The molecule has 0 spiro atoms. The molecule has 0 saturated carbocycles. The Morgan fingerprint density at radius 1 is 1.14 bits per heavy atom. The molecule has 0 nitrogen and oxygen atoms in total. The third kappa shape index (κ3) is 1.50. The molecule has 0 aliphatic carbocycles. The molecule has 0 amide bonds. The molecule has 14 heavy (non-hydrogen) atoms. The fourth-order valence-corrected chi connectivity index (χ4v) is 1.78. The molecule has 0 saturated heterocycles. The van der Waals surface area contributed by atoms with E-state index in [0.29, 0.717) is 0 Å². The highest BCUT2D eigenvalue weighted by Crippen LogP contribution is 2.26. The molecule has 1 heteroatoms. The maximum atomic E-state index is 13.3. The summed E-state index contributed by atoms with van der Waals surface area (Å²) in [5, 5.41) is 2.14. The van der Waals surface area contributed by atoms with Crippen LogP contribution in [0, 0.1) is 6.92 Å². The van der Waals surface area contributed by atoms with E-state index in [2.05, 4.69) is 6.07 Å². The molecule has 0 aliphatic heterocycles. The number of hydrogen-bond acceptors (Lipinski definition) is 0. The van der Waals surface area contributed by atoms with Crippen LogP contribution in [0.15, 0.2) is 36.4 Å². The first-order valence-corrected chi connectivity index (χ1v) is 4.82. The van der Waals surface area contributed by atoms with E-state index in [1.807, 2.05) is 37.3 Å². The number of benzene rings is 2. The molecule has 0 aliphatic rings. The van der Waals surface area contributed by atoms with Crippen LogP contribution in [-0.2, 0) is 0 Å². The lowest BCUT2D eigenvalue weighted by atomic mass is 10.0. The van der Waals surface area contributed by atoms with Gasteiger partial charge >= 0.3 is 0 Å². The predicted octanol–water partition coefficient (Wildman–Crippen LogP) is 4.18. The van der Waals surface area contributed by atoms with Crippen LogP contribution in [-0.4, -0.2) is 0 Å². The lowest BCUT2D eigenvalue weighted by Gasteiger charge is -2.07. The summed E-state index contributed by atoms with van der Waals surface area (Å²) in [5.74, 6) is 0. The SMILES string of the molecule is Cc1ccc2c(C(C)F)cccc2c1. The van der Waals surface area contributed by atoms with Gasteiger partial charge in [-0.1, -0.05) is 42.0 Å². The zero-order chi connectivity index (χ0) is 10.1. The molecular weight excluding hydrogens is 175 g/mol. The molecule has 0 radical (unpaired) electrons. The van der Waals surface area contributed by atoms with Gasteiger partial charge in [0, 0.05) is 0 Å². The van der Waals surface area contributed by atoms with Crippen molar-refractivity contribution in [2.45, 2.75) is 20.0 Å². The average Bonchev–Trinajstić information content (AvgIpc) is 2.16. The van der Waals surface area contributed by atoms with Gasteiger partial charge in [0.1, 0.15) is 6.17 Å². The van der Waals surface area contributed by atoms with Crippen LogP contribution in [0.1, 0.15) is 24.2 Å². The second-order valence-corrected chi connectivity index (χ2v) is 3.69. The number of halogens is 1. The minimum atomic E-state index is -0.901. The number of fused-ring (bicyclic) bond motifs is 1. The Balaban J connectivity index is 2.75. The molecule has 0 heterocycles. The van der Waals surface area contributed by atoms with Gasteiger partial charge in [-0.15, -0.1) is 0 Å². The van der Waals surface area contributed by atoms with Crippen molar-refractivity contribution in [3.05, 3.63) is 47.5 Å². The summed E-state index contributed by atoms with van der Waals surface area (Å²) in [5.41, 5.74) is 1.99. The van der Waals surface area contributed by atoms with Gasteiger partial charge in [-0.2, -0.15) is 0 Å². The number of rotatable bonds is 1. The summed E-state index contributed by atoms with van der Waals surface area (Å²) in [6.45, 7) is 3.62. The Kier molecular flexibility index (Phi) is 2.24. The minimum Gasteiger partial charge on any atom is -0.243 e. The largest absolute Gasteiger partial charge is 0.243 e. The average molecular weight is 188 g/mol. The highest BCUT2D eigenvalue weighted by atomic mass is 19.1. The minimum absolute atomic E-state index is 0.780. The van der Waals surface area contributed by atoms with Crippen molar-refractivity contribution in [1.82, 2.24) is 0 Å². The molecule has 2 rings (SSSR count). The standard InChI is InChI=1S/C13H13F/c1-9-6-7-13-11(8-9)4-3-5-12(13)10(2)14/h3-8,10H,1-2H3. The normalized spacial score (nSPS) is 13.1. The van der Waals surface area contributed by atoms with E-state index >= 15 is 0 Å². The van der Waals surface area contributed by atoms with Gasteiger partial charge in [0.25, 0.3) is 0 Å². The van der Waals surface area contributed by atoms with Gasteiger partial charge in [0.2, 0.25) is 0 Å². The van der Waals surface area contributed by atoms with Crippen molar-refractivity contribution in [1.29, 1.82) is 0 Å². The van der Waals surface area contributed by atoms with Gasteiger partial charge in [-0.3, -0.25) is 0 Å². The smallest absolute Gasteiger partial charge is 0.123 e. The molecule has 2 aromatic rings. The summed E-state index contributed by atoms with van der Waals surface area (Å²) in [4.78, 5) is 0. The quantitative estimate of drug-likeness (QED) is 0.629. The topological polar surface area (TPSA) is 0 Å². The van der Waals surface area contributed by atoms with Crippen LogP contribution in [0.2, 0.25) is 0 Å². The molecular formula is C13H13F. The third-order valence-electron chi connectivity index (χ3n) is 2.50. The summed E-state index contributed by atoms with van der Waals surface area (Å²) in [6, 6.07) is 11.9. The fraction of sp³-hybridized carbons (Fsp3) is 0.231. The van der Waals surface area contributed by atoms with Gasteiger partial charge in [0.15, 0.2) is 0 Å². The van der Waals surface area contributed by atoms with Crippen LogP contribution in [0.25, 0.3) is 10.8 Å². The van der Waals surface area contributed by atoms with Crippen molar-refractivity contribution < 1.29 is 4.39 Å². The van der Waals surface area contributed by atoms with Crippen molar-refractivity contribution >= 4 is 10.8 Å². The molecule has 72 valence electrons. The number of alkyl halides is 1. The molecule has 2 aromatic carbocycles. The van der Waals surface area contributed by atoms with E-state index in [0.717, 1.165) is 16.3 Å². The zero-order valence-corrected chi connectivity index (χ0v) is 8.42. The van der Waals surface area contributed by atoms with E-state index in [-0.39, 0.29) is 0 Å². The monoisotopic (exact) mass is 188 g/mol. The second-order valence-electron chi connectivity index (χ2n) is 3.69. The summed E-state index contributed by atoms with van der Waals surface area (Å²) in [6.07, 6.45) is -0.901. The van der Waals surface area contributed by atoms with Crippen LogP contribution >= 0.6 is 0 Å². The summed E-state index contributed by atoms with van der Waals surface area (Å²) in [7, 11) is 0. The first-order valence-electron chi connectivity index (χ1n) is 4.82. The molecule has 0 N–H and O–H groups in total. The van der Waals surface area contributed by atoms with Gasteiger partial charge in [-0.25, -0.2) is 4.39 Å². The molecule has 1 atom stereocenters. The maximum absolute atomic E-state index is 13.3. The van der Waals surface area contributed by atoms with Gasteiger partial charge < -0.3 is 0 Å². The maximum Gasteiger partial charge on any atom is 0.123 e. The first kappa shape index (κ1) is 9.20. The third-order valence-corrected chi connectivity index (χ3v) is 2.50. The first-order chi connectivity index (χ1) is 6.68. The Morgan fingerprint density at radius 3 is 2.64 bits per heavy atom. The van der Waals surface area contributed by atoms with Gasteiger partial charge in [-0.05, 0) is 30.2 Å². The molecule has 0 fully saturated rings. The van der Waals surface area contributed by atoms with Crippen molar-refractivity contribution in [2.75, 3.05) is 0 Å². The lowest BCUT2D eigenvalue weighted by molar-refractivity contribution is 0.376. The zero-order valence-electron chi connectivity index (χ0n) is 8.42. The number of hydrogen-bond donors (Lipinski definition) is 0. The Labute approximate surface area is 83.4 Å². The Morgan fingerprint density at radius 2 is 1.93 bits per heavy atom. The van der Waals surface area contributed by atoms with Crippen LogP contribution < -0.4 is 0 Å². The molecule has 0 aromatic heterocycles. The van der Waals surface area contributed by atoms with E-state index in [1.165, 1.54) is 5.56 Å². The van der Waals surface area contributed by atoms with E-state index < -0.39 is 6.17 Å². The highest BCUT2D eigenvalue weighted by molar-refractivity contribution is 5.86. The van der Waals surface area contributed by atoms with Crippen LogP contribution in [0.4, 0.5) is 4.39 Å². The van der Waals surface area contributed by atoms with E-state index in [9.17, 15) is 4.39 Å². The van der Waals surface area contributed by atoms with E-state index in [4.69, 9.17) is 0 Å². The predicted molar refractivity (Wildman–Crippen MR) is 58.2 cm³/mol. The summed E-state index contributed by atoms with van der Waals surface area (Å²) < 4.78 is 13.3. The number of aryl methyl sites for hydroxylation is 1. The Bertz CT molecular complexity index is 458. The Hall–Kier alpha value is -1.37. The van der Waals surface area contributed by atoms with Crippen LogP contribution in [0.5, 0.6) is 0 Å². The second kappa shape index (κ2) is 3.41. The summed E-state index contributed by atoms with van der Waals surface area (Å²) >= 11 is 0. The lowest BCUT2D eigenvalue weighted by Crippen LogP contribution is -1.87. The molecule has 0 bridgehead atoms. The highest BCUT2D eigenvalue weighted by Gasteiger charge is 2.06. The fourth-order valence-electron chi connectivity index (χ4n) is 1.78. The molecule has 1 unspecified atom stereocenters. The van der Waals surface area contributed by atoms with Crippen molar-refractivity contribution in [3.8, 4) is 0 Å². The van der Waals surface area contributed by atoms with Crippen LogP contribution in [0.3, 0.4) is 0 Å². The van der Waals surface area contributed by atoms with E-state index in [1.54, 1.807) is 6.92 Å².